The Hall–Kier alpha value is -1.25. The van der Waals surface area contributed by atoms with Gasteiger partial charge in [0.15, 0.2) is 0 Å². The first-order valence-corrected chi connectivity index (χ1v) is 8.90. The minimum atomic E-state index is -3.31. The summed E-state index contributed by atoms with van der Waals surface area (Å²) < 4.78 is 29.9. The van der Waals surface area contributed by atoms with Gasteiger partial charge < -0.3 is 9.26 Å². The minimum Gasteiger partial charge on any atom is -0.497 e. The third-order valence-electron chi connectivity index (χ3n) is 3.65. The van der Waals surface area contributed by atoms with Crippen LogP contribution in [0.4, 0.5) is 0 Å². The van der Waals surface area contributed by atoms with Crippen molar-refractivity contribution in [3.8, 4) is 5.75 Å². The lowest BCUT2D eigenvalue weighted by molar-refractivity contribution is 0.255. The number of benzene rings is 1. The summed E-state index contributed by atoms with van der Waals surface area (Å²) in [5.74, 6) is 1.52. The van der Waals surface area contributed by atoms with E-state index in [9.17, 15) is 4.57 Å². The van der Waals surface area contributed by atoms with E-state index < -0.39 is 7.60 Å². The van der Waals surface area contributed by atoms with Crippen LogP contribution in [0, 0.1) is 6.92 Å². The molecular formula is C16H23O4P. The standard InChI is InChI=1S/C16H23O4P/c1-6-13-14-10-12(18-5)9-11(4)16(14)21(17,19-8-3)20-15(13)7-2/h9-10H,6-8H2,1-5H3. The topological polar surface area (TPSA) is 44.8 Å². The van der Waals surface area contributed by atoms with Crippen molar-refractivity contribution in [3.05, 3.63) is 29.0 Å². The van der Waals surface area contributed by atoms with Crippen molar-refractivity contribution in [3.63, 3.8) is 0 Å². The Balaban J connectivity index is 2.77. The maximum absolute atomic E-state index is 13.2. The van der Waals surface area contributed by atoms with Crippen molar-refractivity contribution in [2.45, 2.75) is 40.5 Å². The molecule has 0 aromatic heterocycles. The summed E-state index contributed by atoms with van der Waals surface area (Å²) in [6.07, 6.45) is 1.50. The number of ether oxygens (including phenoxy) is 1. The zero-order valence-electron chi connectivity index (χ0n) is 13.4. The Morgan fingerprint density at radius 2 is 1.90 bits per heavy atom. The molecular weight excluding hydrogens is 287 g/mol. The molecule has 2 rings (SSSR count). The molecule has 0 aliphatic carbocycles. The van der Waals surface area contributed by atoms with Crippen LogP contribution in [0.15, 0.2) is 17.9 Å². The zero-order chi connectivity index (χ0) is 15.6. The van der Waals surface area contributed by atoms with Crippen LogP contribution in [0.5, 0.6) is 5.75 Å². The highest BCUT2D eigenvalue weighted by Crippen LogP contribution is 2.56. The first kappa shape index (κ1) is 16.1. The summed E-state index contributed by atoms with van der Waals surface area (Å²) in [5.41, 5.74) is 2.90. The van der Waals surface area contributed by atoms with Crippen molar-refractivity contribution in [1.29, 1.82) is 0 Å². The fourth-order valence-electron chi connectivity index (χ4n) is 2.78. The molecule has 0 spiro atoms. The number of allylic oxidation sites excluding steroid dienone is 2. The third kappa shape index (κ3) is 2.75. The number of rotatable bonds is 5. The Bertz CT molecular complexity index is 619. The molecule has 0 bridgehead atoms. The molecule has 4 nitrogen and oxygen atoms in total. The highest BCUT2D eigenvalue weighted by Gasteiger charge is 2.39. The van der Waals surface area contributed by atoms with E-state index >= 15 is 0 Å². The second-order valence-electron chi connectivity index (χ2n) is 4.96. The Morgan fingerprint density at radius 1 is 1.19 bits per heavy atom. The largest absolute Gasteiger partial charge is 0.497 e. The van der Waals surface area contributed by atoms with Gasteiger partial charge in [0.1, 0.15) is 11.5 Å². The normalized spacial score (nSPS) is 21.0. The summed E-state index contributed by atoms with van der Waals surface area (Å²) in [6.45, 7) is 8.16. The molecule has 1 aromatic carbocycles. The molecule has 0 N–H and O–H groups in total. The van der Waals surface area contributed by atoms with E-state index in [1.807, 2.05) is 32.9 Å². The third-order valence-corrected chi connectivity index (χ3v) is 5.85. The Kier molecular flexibility index (Phi) is 4.80. The second kappa shape index (κ2) is 6.25. The lowest BCUT2D eigenvalue weighted by atomic mass is 9.98. The van der Waals surface area contributed by atoms with Gasteiger partial charge in [0.2, 0.25) is 0 Å². The van der Waals surface area contributed by atoms with Gasteiger partial charge in [-0.05, 0) is 43.5 Å². The smallest absolute Gasteiger partial charge is 0.411 e. The summed E-state index contributed by atoms with van der Waals surface area (Å²) in [5, 5.41) is 0.680. The lowest BCUT2D eigenvalue weighted by Crippen LogP contribution is -2.23. The molecule has 1 heterocycles. The molecule has 5 heteroatoms. The average molecular weight is 310 g/mol. The molecule has 1 aliphatic heterocycles. The van der Waals surface area contributed by atoms with E-state index in [4.69, 9.17) is 13.8 Å². The van der Waals surface area contributed by atoms with Crippen LogP contribution in [0.1, 0.15) is 44.7 Å². The summed E-state index contributed by atoms with van der Waals surface area (Å²) in [6, 6.07) is 3.81. The zero-order valence-corrected chi connectivity index (χ0v) is 14.3. The molecule has 1 aliphatic rings. The number of hydrogen-bond donors (Lipinski definition) is 0. The van der Waals surface area contributed by atoms with Crippen LogP contribution in [-0.4, -0.2) is 13.7 Å². The van der Waals surface area contributed by atoms with Gasteiger partial charge in [-0.15, -0.1) is 0 Å². The van der Waals surface area contributed by atoms with Crippen molar-refractivity contribution in [2.75, 3.05) is 13.7 Å². The van der Waals surface area contributed by atoms with E-state index in [2.05, 4.69) is 6.92 Å². The van der Waals surface area contributed by atoms with Gasteiger partial charge in [0, 0.05) is 12.0 Å². The molecule has 0 fully saturated rings. The SMILES string of the molecule is CCOP1(=O)OC(CC)=C(CC)c2cc(OC)cc(C)c21. The van der Waals surface area contributed by atoms with Gasteiger partial charge in [-0.25, -0.2) is 4.57 Å². The van der Waals surface area contributed by atoms with Gasteiger partial charge in [0.05, 0.1) is 19.0 Å². The summed E-state index contributed by atoms with van der Waals surface area (Å²) in [4.78, 5) is 0. The highest BCUT2D eigenvalue weighted by atomic mass is 31.2. The maximum atomic E-state index is 13.2. The quantitative estimate of drug-likeness (QED) is 0.755. The summed E-state index contributed by atoms with van der Waals surface area (Å²) >= 11 is 0. The fraction of sp³-hybridized carbons (Fsp3) is 0.500. The van der Waals surface area contributed by atoms with Gasteiger partial charge in [-0.3, -0.25) is 4.52 Å². The molecule has 1 aromatic rings. The monoisotopic (exact) mass is 310 g/mol. The van der Waals surface area contributed by atoms with E-state index in [1.54, 1.807) is 7.11 Å². The maximum Gasteiger partial charge on any atom is 0.411 e. The number of hydrogen-bond acceptors (Lipinski definition) is 4. The fourth-order valence-corrected chi connectivity index (χ4v) is 4.91. The molecule has 0 saturated heterocycles. The van der Waals surface area contributed by atoms with Gasteiger partial charge in [-0.1, -0.05) is 13.8 Å². The van der Waals surface area contributed by atoms with E-state index in [0.717, 1.165) is 34.6 Å². The van der Waals surface area contributed by atoms with E-state index in [1.165, 1.54) is 0 Å². The molecule has 0 radical (unpaired) electrons. The Labute approximate surface area is 126 Å². The molecule has 0 saturated carbocycles. The molecule has 116 valence electrons. The van der Waals surface area contributed by atoms with Crippen LogP contribution in [-0.2, 0) is 13.6 Å². The predicted octanol–water partition coefficient (Wildman–Crippen LogP) is 4.42. The number of aryl methyl sites for hydroxylation is 1. The van der Waals surface area contributed by atoms with E-state index in [-0.39, 0.29) is 0 Å². The second-order valence-corrected chi connectivity index (χ2v) is 6.84. The molecule has 1 atom stereocenters. The summed E-state index contributed by atoms with van der Waals surface area (Å²) in [7, 11) is -1.67. The minimum absolute atomic E-state index is 0.348. The van der Waals surface area contributed by atoms with Crippen molar-refractivity contribution in [1.82, 2.24) is 0 Å². The molecule has 1 unspecified atom stereocenters. The van der Waals surface area contributed by atoms with Crippen LogP contribution in [0.25, 0.3) is 5.57 Å². The van der Waals surface area contributed by atoms with Gasteiger partial charge in [0.25, 0.3) is 0 Å². The van der Waals surface area contributed by atoms with Crippen LogP contribution < -0.4 is 10.0 Å². The van der Waals surface area contributed by atoms with Gasteiger partial charge in [-0.2, -0.15) is 0 Å². The Morgan fingerprint density at radius 3 is 2.43 bits per heavy atom. The first-order valence-electron chi connectivity index (χ1n) is 7.36. The predicted molar refractivity (Wildman–Crippen MR) is 85.2 cm³/mol. The van der Waals surface area contributed by atoms with Crippen molar-refractivity contribution >= 4 is 18.5 Å². The van der Waals surface area contributed by atoms with E-state index in [0.29, 0.717) is 18.3 Å². The highest BCUT2D eigenvalue weighted by molar-refractivity contribution is 7.62. The number of fused-ring (bicyclic) bond motifs is 1. The first-order chi connectivity index (χ1) is 10.0. The number of methoxy groups -OCH3 is 1. The van der Waals surface area contributed by atoms with Crippen LogP contribution in [0.3, 0.4) is 0 Å². The van der Waals surface area contributed by atoms with Crippen LogP contribution >= 0.6 is 7.60 Å². The lowest BCUT2D eigenvalue weighted by Gasteiger charge is -2.31. The van der Waals surface area contributed by atoms with Gasteiger partial charge >= 0.3 is 7.60 Å². The average Bonchev–Trinajstić information content (AvgIpc) is 2.46. The van der Waals surface area contributed by atoms with Crippen molar-refractivity contribution < 1.29 is 18.3 Å². The van der Waals surface area contributed by atoms with Crippen LogP contribution in [0.2, 0.25) is 0 Å². The molecule has 21 heavy (non-hydrogen) atoms. The van der Waals surface area contributed by atoms with Crippen molar-refractivity contribution in [2.24, 2.45) is 0 Å². The molecule has 0 amide bonds.